The zero-order chi connectivity index (χ0) is 43.7. The maximum absolute atomic E-state index is 14.0. The lowest BCUT2D eigenvalue weighted by atomic mass is 9.88. The number of likely N-dealkylation sites (tertiary alicyclic amines) is 1. The number of imide groups is 1. The van der Waals surface area contributed by atoms with Crippen LogP contribution in [-0.4, -0.2) is 106 Å². The summed E-state index contributed by atoms with van der Waals surface area (Å²) in [7, 11) is -0.263. The first-order valence-corrected chi connectivity index (χ1v) is 22.8. The van der Waals surface area contributed by atoms with E-state index in [-0.39, 0.29) is 41.3 Å². The van der Waals surface area contributed by atoms with Crippen LogP contribution in [0.4, 0.5) is 16.6 Å². The monoisotopic (exact) mass is 863 g/mol. The summed E-state index contributed by atoms with van der Waals surface area (Å²) in [6, 6.07) is 14.7. The molecule has 1 unspecified atom stereocenters. The summed E-state index contributed by atoms with van der Waals surface area (Å²) in [4.78, 5) is 50.3. The highest BCUT2D eigenvalue weighted by Crippen LogP contribution is 2.34. The van der Waals surface area contributed by atoms with E-state index in [1.165, 1.54) is 19.3 Å². The number of nitrogens with zero attached hydrogens (tertiary/aromatic N) is 9. The summed E-state index contributed by atoms with van der Waals surface area (Å²) < 4.78 is 38.2. The largest absolute Gasteiger partial charge is 0.377 e. The Hall–Kier alpha value is -5.74. The SMILES string of the molecule is CCOCc1cc2cnc(NC3CCN(S(=O)(=O)c4ccc(C#N)c(CC(C)CN5CCC(c6ccc7c(N8CCC(=O)NC8=O)nn(C)c7c6)CC5)c4)CC3)nc2n(C)c1=O. The number of ether oxygens (including phenoxy) is 1. The Morgan fingerprint density at radius 2 is 1.76 bits per heavy atom. The van der Waals surface area contributed by atoms with Crippen LogP contribution in [0.25, 0.3) is 21.9 Å². The fraction of sp³-hybridized carbons (Fsp3) is 0.477. The van der Waals surface area contributed by atoms with Gasteiger partial charge < -0.3 is 15.0 Å². The van der Waals surface area contributed by atoms with Gasteiger partial charge in [0.25, 0.3) is 5.56 Å². The van der Waals surface area contributed by atoms with E-state index < -0.39 is 16.1 Å². The Morgan fingerprint density at radius 3 is 2.48 bits per heavy atom. The number of pyridine rings is 1. The molecule has 0 bridgehead atoms. The van der Waals surface area contributed by atoms with E-state index in [0.717, 1.165) is 54.3 Å². The van der Waals surface area contributed by atoms with Crippen molar-refractivity contribution in [2.24, 2.45) is 20.0 Å². The van der Waals surface area contributed by atoms with E-state index in [1.807, 2.05) is 20.0 Å². The predicted octanol–water partition coefficient (Wildman–Crippen LogP) is 4.39. The van der Waals surface area contributed by atoms with Gasteiger partial charge in [0.15, 0.2) is 5.82 Å². The molecule has 3 fully saturated rings. The number of sulfonamides is 1. The van der Waals surface area contributed by atoms with Gasteiger partial charge in [-0.25, -0.2) is 18.2 Å². The summed E-state index contributed by atoms with van der Waals surface area (Å²) in [5.41, 5.74) is 4.26. The van der Waals surface area contributed by atoms with Crippen LogP contribution in [0.3, 0.4) is 0 Å². The molecule has 1 atom stereocenters. The molecule has 62 heavy (non-hydrogen) atoms. The summed E-state index contributed by atoms with van der Waals surface area (Å²) in [6.45, 7) is 8.33. The molecule has 0 aliphatic carbocycles. The molecule has 0 spiro atoms. The van der Waals surface area contributed by atoms with Crippen molar-refractivity contribution in [3.05, 3.63) is 81.3 Å². The first kappa shape index (κ1) is 42.9. The third-order valence-electron chi connectivity index (χ3n) is 12.5. The van der Waals surface area contributed by atoms with Crippen molar-refractivity contribution in [3.8, 4) is 6.07 Å². The second kappa shape index (κ2) is 17.9. The van der Waals surface area contributed by atoms with Crippen LogP contribution in [0.5, 0.6) is 0 Å². The van der Waals surface area contributed by atoms with Crippen LogP contribution < -0.4 is 21.1 Å². The molecular weight excluding hydrogens is 811 g/mol. The Balaban J connectivity index is 0.852. The quantitative estimate of drug-likeness (QED) is 0.169. The number of anilines is 2. The number of urea groups is 1. The molecule has 3 aliphatic rings. The van der Waals surface area contributed by atoms with Gasteiger partial charge in [-0.1, -0.05) is 13.0 Å². The second-order valence-electron chi connectivity index (χ2n) is 16.8. The van der Waals surface area contributed by atoms with E-state index in [0.29, 0.717) is 80.0 Å². The summed E-state index contributed by atoms with van der Waals surface area (Å²) in [5.74, 6) is 1.21. The smallest absolute Gasteiger partial charge is 0.329 e. The number of fused-ring (bicyclic) bond motifs is 2. The molecule has 5 aromatic rings. The maximum atomic E-state index is 14.0. The van der Waals surface area contributed by atoms with Crippen LogP contribution in [-0.2, 0) is 46.7 Å². The normalized spacial score (nSPS) is 18.0. The van der Waals surface area contributed by atoms with E-state index in [2.05, 4.69) is 55.7 Å². The molecule has 3 aliphatic heterocycles. The predicted molar refractivity (Wildman–Crippen MR) is 234 cm³/mol. The first-order chi connectivity index (χ1) is 29.8. The van der Waals surface area contributed by atoms with Crippen LogP contribution in [0.2, 0.25) is 0 Å². The molecule has 3 amide bonds. The molecule has 0 radical (unpaired) electrons. The fourth-order valence-corrected chi connectivity index (χ4v) is 10.6. The second-order valence-corrected chi connectivity index (χ2v) is 18.7. The van der Waals surface area contributed by atoms with E-state index in [4.69, 9.17) is 4.74 Å². The molecule has 0 saturated carbocycles. The number of hydrogen-bond acceptors (Lipinski definition) is 12. The topological polar surface area (TPSA) is 201 Å². The Labute approximate surface area is 360 Å². The third-order valence-corrected chi connectivity index (χ3v) is 14.4. The van der Waals surface area contributed by atoms with Crippen molar-refractivity contribution in [1.29, 1.82) is 5.26 Å². The number of hydrogen-bond donors (Lipinski definition) is 2. The van der Waals surface area contributed by atoms with Crippen molar-refractivity contribution in [2.75, 3.05) is 56.1 Å². The molecule has 3 saturated heterocycles. The van der Waals surface area contributed by atoms with E-state index in [1.54, 1.807) is 42.2 Å². The number of aryl methyl sites for hydroxylation is 2. The number of carbonyl (C=O) groups excluding carboxylic acids is 2. The van der Waals surface area contributed by atoms with Crippen LogP contribution in [0.15, 0.2) is 58.4 Å². The van der Waals surface area contributed by atoms with Gasteiger partial charge in [-0.05, 0) is 111 Å². The van der Waals surface area contributed by atoms with Crippen molar-refractivity contribution >= 4 is 55.7 Å². The van der Waals surface area contributed by atoms with Crippen LogP contribution in [0, 0.1) is 17.2 Å². The number of rotatable bonds is 13. The summed E-state index contributed by atoms with van der Waals surface area (Å²) in [5, 5.41) is 21.9. The lowest BCUT2D eigenvalue weighted by Gasteiger charge is -2.34. The minimum absolute atomic E-state index is 0.0567. The molecule has 6 heterocycles. The summed E-state index contributed by atoms with van der Waals surface area (Å²) in [6.07, 6.45) is 5.55. The number of carbonyl (C=O) groups is 2. The van der Waals surface area contributed by atoms with Crippen molar-refractivity contribution in [2.45, 2.75) is 75.8 Å². The van der Waals surface area contributed by atoms with Gasteiger partial charge in [-0.3, -0.25) is 29.1 Å². The van der Waals surface area contributed by atoms with Gasteiger partial charge >= 0.3 is 6.03 Å². The molecule has 2 aromatic carbocycles. The van der Waals surface area contributed by atoms with E-state index in [9.17, 15) is 28.1 Å². The minimum Gasteiger partial charge on any atom is -0.377 e. The Morgan fingerprint density at radius 1 is 0.984 bits per heavy atom. The highest BCUT2D eigenvalue weighted by Gasteiger charge is 2.32. The van der Waals surface area contributed by atoms with Crippen LogP contribution in [0.1, 0.15) is 74.1 Å². The number of benzene rings is 2. The minimum atomic E-state index is -3.81. The van der Waals surface area contributed by atoms with Gasteiger partial charge in [0, 0.05) is 81.9 Å². The van der Waals surface area contributed by atoms with Gasteiger partial charge in [0.05, 0.1) is 28.7 Å². The molecule has 326 valence electrons. The van der Waals surface area contributed by atoms with Crippen molar-refractivity contribution in [3.63, 3.8) is 0 Å². The third kappa shape index (κ3) is 8.80. The van der Waals surface area contributed by atoms with Gasteiger partial charge in [0.1, 0.15) is 5.65 Å². The Bertz CT molecular complexity index is 2730. The van der Waals surface area contributed by atoms with Crippen LogP contribution >= 0.6 is 0 Å². The first-order valence-electron chi connectivity index (χ1n) is 21.4. The lowest BCUT2D eigenvalue weighted by molar-refractivity contribution is -0.120. The number of nitrogens with one attached hydrogen (secondary N) is 2. The molecule has 17 nitrogen and oxygen atoms in total. The van der Waals surface area contributed by atoms with Crippen molar-refractivity contribution in [1.82, 2.24) is 38.8 Å². The molecule has 3 aromatic heterocycles. The van der Waals surface area contributed by atoms with Gasteiger partial charge in [-0.15, -0.1) is 0 Å². The molecular formula is C44H53N11O6S. The highest BCUT2D eigenvalue weighted by atomic mass is 32.2. The number of aromatic nitrogens is 5. The number of nitriles is 1. The summed E-state index contributed by atoms with van der Waals surface area (Å²) >= 11 is 0. The number of amides is 3. The molecule has 8 rings (SSSR count). The maximum Gasteiger partial charge on any atom is 0.329 e. The Kier molecular flexibility index (Phi) is 12.4. The molecule has 2 N–H and O–H groups in total. The standard InChI is InChI=1S/C44H53N11O6S/c1-5-61-27-34-21-33-25-46-43(49-40(33)51(3)42(34)57)47-35-12-17-54(18-13-35)62(59,60)36-8-6-31(24-45)32(22-36)20-28(2)26-53-15-10-29(11-16-53)30-7-9-37-38(23-30)52(4)50-41(37)55-19-14-39(56)48-44(55)58/h6-9,21-23,25,28-29,35H,5,10-20,26-27H2,1-4H3,(H,46,47,49)(H,48,56,58). The zero-order valence-corrected chi connectivity index (χ0v) is 36.4. The van der Waals surface area contributed by atoms with E-state index >= 15 is 0 Å². The van der Waals surface area contributed by atoms with Gasteiger partial charge in [-0.2, -0.15) is 19.6 Å². The highest BCUT2D eigenvalue weighted by molar-refractivity contribution is 7.89. The zero-order valence-electron chi connectivity index (χ0n) is 35.6. The average Bonchev–Trinajstić information content (AvgIpc) is 3.59. The van der Waals surface area contributed by atoms with Crippen molar-refractivity contribution < 1.29 is 22.7 Å². The average molecular weight is 864 g/mol. The number of piperidine rings is 2. The fourth-order valence-electron chi connectivity index (χ4n) is 9.08. The lowest BCUT2D eigenvalue weighted by Crippen LogP contribution is -2.49. The molecule has 18 heteroatoms. The van der Waals surface area contributed by atoms with Gasteiger partial charge in [0.2, 0.25) is 21.9 Å².